The number of thiol groups is 1. The number of rotatable bonds is 4. The van der Waals surface area contributed by atoms with Gasteiger partial charge in [-0.15, -0.1) is 11.6 Å². The van der Waals surface area contributed by atoms with Crippen LogP contribution in [-0.4, -0.2) is 20.8 Å². The van der Waals surface area contributed by atoms with E-state index in [0.29, 0.717) is 0 Å². The summed E-state index contributed by atoms with van der Waals surface area (Å²) in [6.07, 6.45) is 1.22. The minimum Gasteiger partial charge on any atom is -0.179 e. The summed E-state index contributed by atoms with van der Waals surface area (Å²) >= 11 is 9.48. The molecule has 0 saturated carbocycles. The second kappa shape index (κ2) is 6.86. The Bertz CT molecular complexity index is 30.9. The molecule has 0 aromatic rings. The standard InChI is InChI=1S/C4H9ClSSi/c5-4-7-3-1-2-6/h6H,1-4H2. The summed E-state index contributed by atoms with van der Waals surface area (Å²) in [5.41, 5.74) is 0.827. The van der Waals surface area contributed by atoms with Crippen LogP contribution in [-0.2, 0) is 0 Å². The van der Waals surface area contributed by atoms with Gasteiger partial charge in [-0.05, 0) is 12.2 Å². The Labute approximate surface area is 57.9 Å². The molecule has 0 rings (SSSR count). The van der Waals surface area contributed by atoms with Crippen LogP contribution in [0.25, 0.3) is 0 Å². The first-order valence-corrected chi connectivity index (χ1v) is 4.87. The summed E-state index contributed by atoms with van der Waals surface area (Å²) in [7, 11) is 0.938. The molecule has 7 heavy (non-hydrogen) atoms. The fourth-order valence-electron chi connectivity index (χ4n) is 0.271. The SMILES string of the molecule is SCCC[Si]CCl. The Morgan fingerprint density at radius 1 is 1.57 bits per heavy atom. The zero-order valence-electron chi connectivity index (χ0n) is 4.15. The van der Waals surface area contributed by atoms with Crippen molar-refractivity contribution in [2.24, 2.45) is 0 Å². The van der Waals surface area contributed by atoms with E-state index in [1.807, 2.05) is 0 Å². The fraction of sp³-hybridized carbons (Fsp3) is 1.00. The average molecular weight is 153 g/mol. The minimum absolute atomic E-state index is 0.827. The van der Waals surface area contributed by atoms with Crippen molar-refractivity contribution in [2.45, 2.75) is 12.5 Å². The van der Waals surface area contributed by atoms with E-state index in [9.17, 15) is 0 Å². The molecule has 0 spiro atoms. The summed E-state index contributed by atoms with van der Waals surface area (Å²) in [6.45, 7) is 0. The maximum absolute atomic E-state index is 5.42. The van der Waals surface area contributed by atoms with Crippen LogP contribution >= 0.6 is 24.2 Å². The number of hydrogen-bond donors (Lipinski definition) is 1. The quantitative estimate of drug-likeness (QED) is 0.269. The van der Waals surface area contributed by atoms with Gasteiger partial charge in [-0.3, -0.25) is 0 Å². The highest BCUT2D eigenvalue weighted by Crippen LogP contribution is 1.90. The molecule has 0 atom stereocenters. The average Bonchev–Trinajstić information content (AvgIpc) is 1.69. The smallest absolute Gasteiger partial charge is 0.0575 e. The number of halogens is 1. The van der Waals surface area contributed by atoms with E-state index in [4.69, 9.17) is 11.6 Å². The molecule has 42 valence electrons. The van der Waals surface area contributed by atoms with Gasteiger partial charge in [0.05, 0.1) is 9.52 Å². The Morgan fingerprint density at radius 2 is 2.29 bits per heavy atom. The molecule has 0 aliphatic carbocycles. The zero-order chi connectivity index (χ0) is 5.54. The Hall–Kier alpha value is 0.857. The molecule has 0 aromatic heterocycles. The molecule has 0 N–H and O–H groups in total. The van der Waals surface area contributed by atoms with Crippen molar-refractivity contribution in [3.63, 3.8) is 0 Å². The molecule has 0 aliphatic heterocycles. The highest BCUT2D eigenvalue weighted by molar-refractivity contribution is 7.80. The van der Waals surface area contributed by atoms with Crippen LogP contribution in [0.4, 0.5) is 0 Å². The topological polar surface area (TPSA) is 0 Å². The molecular formula is C4H9ClSSi. The first-order chi connectivity index (χ1) is 3.41. The zero-order valence-corrected chi connectivity index (χ0v) is 6.80. The van der Waals surface area contributed by atoms with Crippen LogP contribution < -0.4 is 0 Å². The van der Waals surface area contributed by atoms with Gasteiger partial charge in [0, 0.05) is 5.50 Å². The van der Waals surface area contributed by atoms with Crippen molar-refractivity contribution in [3.05, 3.63) is 0 Å². The van der Waals surface area contributed by atoms with E-state index in [1.54, 1.807) is 0 Å². The highest BCUT2D eigenvalue weighted by atomic mass is 35.5. The minimum atomic E-state index is 0.827. The van der Waals surface area contributed by atoms with Crippen molar-refractivity contribution >= 4 is 33.7 Å². The third-order valence-electron chi connectivity index (χ3n) is 0.606. The van der Waals surface area contributed by atoms with E-state index < -0.39 is 0 Å². The van der Waals surface area contributed by atoms with Crippen LogP contribution in [0, 0.1) is 0 Å². The molecule has 0 aliphatic rings. The normalized spacial score (nSPS) is 9.43. The van der Waals surface area contributed by atoms with Gasteiger partial charge in [0.25, 0.3) is 0 Å². The van der Waals surface area contributed by atoms with Crippen LogP contribution in [0.3, 0.4) is 0 Å². The van der Waals surface area contributed by atoms with Crippen LogP contribution in [0.15, 0.2) is 0 Å². The molecule has 0 saturated heterocycles. The van der Waals surface area contributed by atoms with Crippen molar-refractivity contribution in [1.82, 2.24) is 0 Å². The summed E-state index contributed by atoms with van der Waals surface area (Å²) in [5, 5.41) is 0. The van der Waals surface area contributed by atoms with Gasteiger partial charge in [-0.1, -0.05) is 6.04 Å². The molecule has 2 radical (unpaired) electrons. The van der Waals surface area contributed by atoms with Crippen LogP contribution in [0.1, 0.15) is 6.42 Å². The molecule has 0 nitrogen and oxygen atoms in total. The van der Waals surface area contributed by atoms with Gasteiger partial charge in [0.2, 0.25) is 0 Å². The molecule has 0 amide bonds. The Kier molecular flexibility index (Phi) is 7.70. The lowest BCUT2D eigenvalue weighted by Crippen LogP contribution is -1.90. The van der Waals surface area contributed by atoms with Crippen LogP contribution in [0.2, 0.25) is 6.04 Å². The third-order valence-corrected chi connectivity index (χ3v) is 2.39. The predicted octanol–water partition coefficient (Wildman–Crippen LogP) is 1.63. The maximum Gasteiger partial charge on any atom is 0.0575 e. The Balaban J connectivity index is 2.45. The first kappa shape index (κ1) is 7.86. The number of alkyl halides is 1. The second-order valence-electron chi connectivity index (χ2n) is 1.21. The second-order valence-corrected chi connectivity index (χ2v) is 3.73. The van der Waals surface area contributed by atoms with Gasteiger partial charge in [-0.25, -0.2) is 0 Å². The monoisotopic (exact) mass is 152 g/mol. The molecule has 0 unspecified atom stereocenters. The van der Waals surface area contributed by atoms with E-state index in [0.717, 1.165) is 20.8 Å². The van der Waals surface area contributed by atoms with E-state index in [-0.39, 0.29) is 0 Å². The number of hydrogen-bond acceptors (Lipinski definition) is 1. The van der Waals surface area contributed by atoms with Gasteiger partial charge in [0.1, 0.15) is 0 Å². The largest absolute Gasteiger partial charge is 0.179 e. The summed E-state index contributed by atoms with van der Waals surface area (Å²) in [6, 6.07) is 1.26. The third kappa shape index (κ3) is 6.86. The van der Waals surface area contributed by atoms with E-state index in [2.05, 4.69) is 12.6 Å². The molecule has 0 heterocycles. The van der Waals surface area contributed by atoms with Gasteiger partial charge < -0.3 is 0 Å². The maximum atomic E-state index is 5.42. The molecular weight excluding hydrogens is 144 g/mol. The van der Waals surface area contributed by atoms with Crippen molar-refractivity contribution < 1.29 is 0 Å². The summed E-state index contributed by atoms with van der Waals surface area (Å²) < 4.78 is 0. The highest BCUT2D eigenvalue weighted by Gasteiger charge is 1.83. The van der Waals surface area contributed by atoms with Gasteiger partial charge >= 0.3 is 0 Å². The first-order valence-electron chi connectivity index (χ1n) is 2.29. The lowest BCUT2D eigenvalue weighted by Gasteiger charge is -1.87. The molecule has 3 heteroatoms. The van der Waals surface area contributed by atoms with Crippen LogP contribution in [0.5, 0.6) is 0 Å². The Morgan fingerprint density at radius 3 is 2.71 bits per heavy atom. The predicted molar refractivity (Wildman–Crippen MR) is 39.8 cm³/mol. The fourth-order valence-corrected chi connectivity index (χ4v) is 1.69. The van der Waals surface area contributed by atoms with Crippen molar-refractivity contribution in [3.8, 4) is 0 Å². The van der Waals surface area contributed by atoms with Gasteiger partial charge in [0.15, 0.2) is 0 Å². The summed E-state index contributed by atoms with van der Waals surface area (Å²) in [4.78, 5) is 0. The van der Waals surface area contributed by atoms with E-state index >= 15 is 0 Å². The molecule has 0 fully saturated rings. The van der Waals surface area contributed by atoms with E-state index in [1.165, 1.54) is 12.5 Å². The van der Waals surface area contributed by atoms with Crippen molar-refractivity contribution in [1.29, 1.82) is 0 Å². The summed E-state index contributed by atoms with van der Waals surface area (Å²) in [5.74, 6) is 1.00. The lowest BCUT2D eigenvalue weighted by molar-refractivity contribution is 1.10. The van der Waals surface area contributed by atoms with Gasteiger partial charge in [-0.2, -0.15) is 12.6 Å². The molecule has 0 bridgehead atoms. The van der Waals surface area contributed by atoms with Crippen molar-refractivity contribution in [2.75, 3.05) is 11.3 Å². The lowest BCUT2D eigenvalue weighted by atomic mass is 10.6. The molecule has 0 aromatic carbocycles.